The summed E-state index contributed by atoms with van der Waals surface area (Å²) < 4.78 is 38.6. The molecule has 0 saturated heterocycles. The molecule has 3 amide bonds. The van der Waals surface area contributed by atoms with E-state index in [1.165, 1.54) is 12.4 Å². The maximum atomic E-state index is 12.9. The average Bonchev–Trinajstić information content (AvgIpc) is 2.69. The van der Waals surface area contributed by atoms with Gasteiger partial charge in [0.15, 0.2) is 0 Å². The zero-order valence-electron chi connectivity index (χ0n) is 15.3. The van der Waals surface area contributed by atoms with Gasteiger partial charge in [0.05, 0.1) is 5.56 Å². The Hall–Kier alpha value is -3.75. The van der Waals surface area contributed by atoms with Crippen molar-refractivity contribution in [2.24, 2.45) is 5.73 Å². The molecule has 2 aromatic carbocycles. The second-order valence-electron chi connectivity index (χ2n) is 5.86. The van der Waals surface area contributed by atoms with Crippen LogP contribution in [0.5, 0.6) is 0 Å². The largest absolute Gasteiger partial charge is 0.416 e. The lowest BCUT2D eigenvalue weighted by Crippen LogP contribution is -2.27. The highest BCUT2D eigenvalue weighted by Crippen LogP contribution is 2.34. The molecule has 6 nitrogen and oxygen atoms in total. The smallest absolute Gasteiger partial charge is 0.351 e. The van der Waals surface area contributed by atoms with Crippen LogP contribution >= 0.6 is 0 Å². The number of primary amides is 1. The van der Waals surface area contributed by atoms with Crippen molar-refractivity contribution < 1.29 is 22.8 Å². The van der Waals surface area contributed by atoms with E-state index in [9.17, 15) is 22.8 Å². The van der Waals surface area contributed by atoms with Crippen LogP contribution in [0.1, 0.15) is 11.1 Å². The van der Waals surface area contributed by atoms with Crippen molar-refractivity contribution in [1.29, 1.82) is 0 Å². The highest BCUT2D eigenvalue weighted by atomic mass is 19.4. The summed E-state index contributed by atoms with van der Waals surface area (Å²) in [6.45, 7) is 1.94. The van der Waals surface area contributed by atoms with E-state index in [0.717, 1.165) is 34.4 Å². The van der Waals surface area contributed by atoms with Gasteiger partial charge in [0.1, 0.15) is 6.33 Å². The van der Waals surface area contributed by atoms with Gasteiger partial charge in [-0.3, -0.25) is 10.1 Å². The van der Waals surface area contributed by atoms with Crippen LogP contribution in [0.25, 0.3) is 22.3 Å². The van der Waals surface area contributed by atoms with Crippen molar-refractivity contribution in [2.75, 3.05) is 0 Å². The lowest BCUT2D eigenvalue weighted by atomic mass is 9.96. The molecule has 3 N–H and O–H groups in total. The Morgan fingerprint density at radius 1 is 1.03 bits per heavy atom. The first-order valence-electron chi connectivity index (χ1n) is 8.25. The van der Waals surface area contributed by atoms with E-state index in [0.29, 0.717) is 5.56 Å². The Labute approximate surface area is 164 Å². The fourth-order valence-electron chi connectivity index (χ4n) is 2.48. The minimum atomic E-state index is -4.35. The van der Waals surface area contributed by atoms with Gasteiger partial charge in [0, 0.05) is 18.0 Å². The van der Waals surface area contributed by atoms with Crippen molar-refractivity contribution in [3.8, 4) is 22.3 Å². The Morgan fingerprint density at radius 2 is 1.69 bits per heavy atom. The first kappa shape index (κ1) is 21.5. The van der Waals surface area contributed by atoms with E-state index < -0.39 is 17.8 Å². The van der Waals surface area contributed by atoms with Gasteiger partial charge >= 0.3 is 12.2 Å². The summed E-state index contributed by atoms with van der Waals surface area (Å²) in [5.41, 5.74) is 7.76. The number of aryl methyl sites for hydroxylation is 1. The molecule has 0 bridgehead atoms. The maximum absolute atomic E-state index is 12.9. The molecule has 0 fully saturated rings. The fraction of sp³-hybridized carbons (Fsp3) is 0.100. The molecule has 3 aromatic rings. The molecule has 0 radical (unpaired) electrons. The predicted molar refractivity (Wildman–Crippen MR) is 101 cm³/mol. The molecular weight excluding hydrogens is 385 g/mol. The molecule has 3 rings (SSSR count). The lowest BCUT2D eigenvalue weighted by molar-refractivity contribution is -0.137. The van der Waals surface area contributed by atoms with Crippen LogP contribution < -0.4 is 11.1 Å². The first-order valence-corrected chi connectivity index (χ1v) is 8.25. The van der Waals surface area contributed by atoms with E-state index in [-0.39, 0.29) is 6.41 Å². The number of benzene rings is 2. The lowest BCUT2D eigenvalue weighted by Gasteiger charge is -2.11. The fourth-order valence-corrected chi connectivity index (χ4v) is 2.48. The predicted octanol–water partition coefficient (Wildman–Crippen LogP) is 3.95. The average molecular weight is 402 g/mol. The van der Waals surface area contributed by atoms with Crippen LogP contribution in [0.15, 0.2) is 61.2 Å². The monoisotopic (exact) mass is 402 g/mol. The molecular formula is C20H17F3N4O2. The Kier molecular flexibility index (Phi) is 7.02. The van der Waals surface area contributed by atoms with Gasteiger partial charge < -0.3 is 5.73 Å². The molecule has 0 aliphatic rings. The minimum Gasteiger partial charge on any atom is -0.351 e. The molecule has 0 atom stereocenters. The molecule has 1 heterocycles. The number of alkyl halides is 3. The number of halogens is 3. The van der Waals surface area contributed by atoms with Crippen LogP contribution in [0.4, 0.5) is 18.0 Å². The standard InChI is InChI=1S/C18H13F3N2.C2H4N2O2/c1-12-5-6-14(8-17(12)15-9-22-11-23-10-15)13-3-2-4-16(7-13)18(19,20)21;3-2(6)4-1-5/h2-11H,1H3;1H,(H3,3,4,5,6). The number of urea groups is 1. The number of hydrogen-bond donors (Lipinski definition) is 2. The SMILES string of the molecule is Cc1ccc(-c2cccc(C(F)(F)F)c2)cc1-c1cncnc1.NC(=O)NC=O. The van der Waals surface area contributed by atoms with Gasteiger partial charge in [-0.25, -0.2) is 14.8 Å². The van der Waals surface area contributed by atoms with Crippen molar-refractivity contribution >= 4 is 12.4 Å². The van der Waals surface area contributed by atoms with Crippen molar-refractivity contribution in [3.63, 3.8) is 0 Å². The van der Waals surface area contributed by atoms with Crippen molar-refractivity contribution in [2.45, 2.75) is 13.1 Å². The molecule has 0 saturated carbocycles. The number of rotatable bonds is 3. The molecule has 29 heavy (non-hydrogen) atoms. The quantitative estimate of drug-likeness (QED) is 0.648. The Bertz CT molecular complexity index is 993. The number of carbonyl (C=O) groups excluding carboxylic acids is 2. The summed E-state index contributed by atoms with van der Waals surface area (Å²) in [5.74, 6) is 0. The van der Waals surface area contributed by atoms with Crippen LogP contribution in [0.2, 0.25) is 0 Å². The summed E-state index contributed by atoms with van der Waals surface area (Å²) in [4.78, 5) is 26.7. The molecule has 0 aliphatic carbocycles. The van der Waals surface area contributed by atoms with Gasteiger partial charge in [-0.15, -0.1) is 0 Å². The highest BCUT2D eigenvalue weighted by molar-refractivity contribution is 5.82. The second kappa shape index (κ2) is 9.45. The number of imide groups is 1. The first-order chi connectivity index (χ1) is 13.7. The van der Waals surface area contributed by atoms with E-state index in [1.54, 1.807) is 23.8 Å². The van der Waals surface area contributed by atoms with E-state index in [2.05, 4.69) is 15.7 Å². The molecule has 150 valence electrons. The van der Waals surface area contributed by atoms with Gasteiger partial charge in [-0.2, -0.15) is 13.2 Å². The van der Waals surface area contributed by atoms with E-state index in [4.69, 9.17) is 0 Å². The summed E-state index contributed by atoms with van der Waals surface area (Å²) in [6.07, 6.45) is 0.686. The van der Waals surface area contributed by atoms with E-state index in [1.807, 2.05) is 25.1 Å². The third-order valence-corrected chi connectivity index (χ3v) is 3.83. The van der Waals surface area contributed by atoms with Gasteiger partial charge in [-0.1, -0.05) is 24.3 Å². The van der Waals surface area contributed by atoms with E-state index >= 15 is 0 Å². The minimum absolute atomic E-state index is 0.225. The summed E-state index contributed by atoms with van der Waals surface area (Å²) in [5, 5.41) is 1.67. The zero-order chi connectivity index (χ0) is 21.4. The number of hydrogen-bond acceptors (Lipinski definition) is 4. The maximum Gasteiger partial charge on any atom is 0.416 e. The van der Waals surface area contributed by atoms with Crippen molar-refractivity contribution in [1.82, 2.24) is 15.3 Å². The topological polar surface area (TPSA) is 98.0 Å². The summed E-state index contributed by atoms with van der Waals surface area (Å²) in [7, 11) is 0. The number of carbonyl (C=O) groups is 2. The number of nitrogens with one attached hydrogen (secondary N) is 1. The third kappa shape index (κ3) is 6.13. The Morgan fingerprint density at radius 3 is 2.24 bits per heavy atom. The van der Waals surface area contributed by atoms with Crippen LogP contribution in [-0.4, -0.2) is 22.4 Å². The second-order valence-corrected chi connectivity index (χ2v) is 5.86. The van der Waals surface area contributed by atoms with Crippen LogP contribution in [0.3, 0.4) is 0 Å². The third-order valence-electron chi connectivity index (χ3n) is 3.83. The zero-order valence-corrected chi connectivity index (χ0v) is 15.3. The Balaban J connectivity index is 0.000000438. The molecule has 9 heteroatoms. The molecule has 0 unspecified atom stereocenters. The normalized spacial score (nSPS) is 10.5. The highest BCUT2D eigenvalue weighted by Gasteiger charge is 2.30. The van der Waals surface area contributed by atoms with Crippen molar-refractivity contribution in [3.05, 3.63) is 72.3 Å². The number of nitrogens with zero attached hydrogens (tertiary/aromatic N) is 2. The summed E-state index contributed by atoms with van der Waals surface area (Å²) in [6, 6.07) is 10.1. The molecule has 1 aromatic heterocycles. The van der Waals surface area contributed by atoms with Gasteiger partial charge in [-0.05, 0) is 47.4 Å². The number of amides is 3. The van der Waals surface area contributed by atoms with Crippen LogP contribution in [-0.2, 0) is 11.0 Å². The number of aromatic nitrogens is 2. The number of nitrogens with two attached hydrogens (primary N) is 1. The van der Waals surface area contributed by atoms with Gasteiger partial charge in [0.2, 0.25) is 6.41 Å². The molecule has 0 spiro atoms. The molecule has 0 aliphatic heterocycles. The van der Waals surface area contributed by atoms with Crippen LogP contribution in [0, 0.1) is 6.92 Å². The van der Waals surface area contributed by atoms with Gasteiger partial charge in [0.25, 0.3) is 0 Å². The summed E-state index contributed by atoms with van der Waals surface area (Å²) >= 11 is 0.